The molecule has 1 saturated heterocycles. The highest BCUT2D eigenvalue weighted by atomic mass is 19.4. The molecule has 0 bridgehead atoms. The van der Waals surface area contributed by atoms with Crippen LogP contribution < -0.4 is 10.6 Å². The number of benzene rings is 1. The Bertz CT molecular complexity index is 1360. The van der Waals surface area contributed by atoms with Gasteiger partial charge in [-0.25, -0.2) is 9.37 Å². The fourth-order valence-corrected chi connectivity index (χ4v) is 3.92. The largest absolute Gasteiger partial charge is 0.416 e. The van der Waals surface area contributed by atoms with E-state index in [1.165, 1.54) is 20.1 Å². The van der Waals surface area contributed by atoms with E-state index in [1.54, 1.807) is 24.4 Å². The van der Waals surface area contributed by atoms with Crippen molar-refractivity contribution >= 4 is 29.4 Å². The number of morpholine rings is 1. The smallest absolute Gasteiger partial charge is 0.379 e. The summed E-state index contributed by atoms with van der Waals surface area (Å²) < 4.78 is 53.8. The van der Waals surface area contributed by atoms with Crippen molar-refractivity contribution in [2.45, 2.75) is 33.9 Å². The lowest BCUT2D eigenvalue weighted by Crippen LogP contribution is -2.41. The van der Waals surface area contributed by atoms with Gasteiger partial charge in [0.2, 0.25) is 5.91 Å². The number of ether oxygens (including phenoxy) is 1. The van der Waals surface area contributed by atoms with E-state index in [-0.39, 0.29) is 17.4 Å². The minimum Gasteiger partial charge on any atom is -0.379 e. The van der Waals surface area contributed by atoms with E-state index in [4.69, 9.17) is 10.1 Å². The Morgan fingerprint density at radius 3 is 2.33 bits per heavy atom. The topological polar surface area (TPSA) is 107 Å². The standard InChI is InChI=1S/C23H31N5O3.C8H6F4/c1-16(2)21(14-24)20(23(30)25-7-8-28-9-11-31-12-10-28)13-17(3)19-5-6-22(26-15-19)27-18(4)29;1-5-4-6(8(10,11)12)2-3-7(5)9/h5-6,13-15,24H,3,7-12H2,1-2,4H3,(H,25,30)(H,26,27,29);2-4H,1H3/b20-13+,24-14?;. The third-order valence-corrected chi connectivity index (χ3v) is 6.28. The van der Waals surface area contributed by atoms with Gasteiger partial charge in [-0.1, -0.05) is 12.2 Å². The lowest BCUT2D eigenvalue weighted by Gasteiger charge is -2.26. The second-order valence-corrected chi connectivity index (χ2v) is 9.93. The van der Waals surface area contributed by atoms with Crippen LogP contribution in [0.25, 0.3) is 5.57 Å². The molecule has 0 saturated carbocycles. The van der Waals surface area contributed by atoms with Crippen molar-refractivity contribution < 1.29 is 31.9 Å². The number of rotatable bonds is 9. The number of amides is 2. The van der Waals surface area contributed by atoms with Crippen LogP contribution >= 0.6 is 0 Å². The van der Waals surface area contributed by atoms with Crippen molar-refractivity contribution in [3.05, 3.63) is 88.4 Å². The maximum atomic E-state index is 13.0. The lowest BCUT2D eigenvalue weighted by molar-refractivity contribution is -0.137. The first-order chi connectivity index (χ1) is 20.2. The van der Waals surface area contributed by atoms with Gasteiger partial charge in [-0.2, -0.15) is 13.2 Å². The van der Waals surface area contributed by atoms with Gasteiger partial charge < -0.3 is 20.8 Å². The molecule has 1 aromatic carbocycles. The molecule has 12 heteroatoms. The molecule has 2 heterocycles. The van der Waals surface area contributed by atoms with Crippen LogP contribution in [0.2, 0.25) is 0 Å². The Balaban J connectivity index is 0.000000448. The number of nitrogens with one attached hydrogen (secondary N) is 3. The van der Waals surface area contributed by atoms with Crippen LogP contribution in [0.3, 0.4) is 0 Å². The minimum atomic E-state index is -4.39. The number of alkyl halides is 3. The van der Waals surface area contributed by atoms with Crippen molar-refractivity contribution in [2.75, 3.05) is 44.7 Å². The third-order valence-electron chi connectivity index (χ3n) is 6.28. The van der Waals surface area contributed by atoms with Gasteiger partial charge in [-0.3, -0.25) is 14.5 Å². The fraction of sp³-hybridized carbons (Fsp3) is 0.355. The third kappa shape index (κ3) is 11.6. The average molecular weight is 604 g/mol. The van der Waals surface area contributed by atoms with Gasteiger partial charge in [0.05, 0.1) is 18.8 Å². The van der Waals surface area contributed by atoms with Crippen molar-refractivity contribution in [1.82, 2.24) is 15.2 Å². The van der Waals surface area contributed by atoms with Crippen LogP contribution in [0, 0.1) is 18.2 Å². The number of aromatic nitrogens is 1. The molecule has 0 unspecified atom stereocenters. The second kappa shape index (κ2) is 16.5. The molecule has 43 heavy (non-hydrogen) atoms. The first-order valence-corrected chi connectivity index (χ1v) is 13.5. The van der Waals surface area contributed by atoms with Gasteiger partial charge in [-0.15, -0.1) is 0 Å². The zero-order chi connectivity index (χ0) is 32.2. The van der Waals surface area contributed by atoms with Crippen LogP contribution in [0.5, 0.6) is 0 Å². The Labute approximate surface area is 249 Å². The number of anilines is 1. The van der Waals surface area contributed by atoms with Gasteiger partial charge in [0.1, 0.15) is 11.6 Å². The minimum absolute atomic E-state index is 0.00447. The fourth-order valence-electron chi connectivity index (χ4n) is 3.92. The molecular formula is C31H37F4N5O3. The van der Waals surface area contributed by atoms with Crippen molar-refractivity contribution in [3.8, 4) is 0 Å². The number of hydrogen-bond donors (Lipinski definition) is 3. The molecular weight excluding hydrogens is 566 g/mol. The van der Waals surface area contributed by atoms with Crippen LogP contribution in [0.4, 0.5) is 23.4 Å². The molecule has 0 radical (unpaired) electrons. The maximum Gasteiger partial charge on any atom is 0.416 e. The summed E-state index contributed by atoms with van der Waals surface area (Å²) in [7, 11) is 0. The SMILES string of the molecule is C=C(/C=C(/C(=O)NCCN1CCOCC1)C(C=N)=C(C)C)c1ccc(NC(C)=O)nc1.Cc1cc(C(F)(F)F)ccc1F. The summed E-state index contributed by atoms with van der Waals surface area (Å²) in [5.74, 6) is -0.632. The van der Waals surface area contributed by atoms with Crippen LogP contribution in [-0.2, 0) is 20.5 Å². The summed E-state index contributed by atoms with van der Waals surface area (Å²) in [6, 6.07) is 5.78. The molecule has 8 nitrogen and oxygen atoms in total. The van der Waals surface area contributed by atoms with E-state index in [1.807, 2.05) is 13.8 Å². The van der Waals surface area contributed by atoms with E-state index < -0.39 is 17.6 Å². The normalized spacial score (nSPS) is 13.7. The molecule has 2 aromatic rings. The summed E-state index contributed by atoms with van der Waals surface area (Å²) >= 11 is 0. The molecule has 3 rings (SSSR count). The predicted molar refractivity (Wildman–Crippen MR) is 159 cm³/mol. The maximum absolute atomic E-state index is 13.0. The van der Waals surface area contributed by atoms with Crippen LogP contribution in [-0.4, -0.2) is 67.3 Å². The highest BCUT2D eigenvalue weighted by Gasteiger charge is 2.30. The Kier molecular flexibility index (Phi) is 13.4. The molecule has 2 amide bonds. The molecule has 0 atom stereocenters. The van der Waals surface area contributed by atoms with Crippen molar-refractivity contribution in [1.29, 1.82) is 5.41 Å². The Hall–Kier alpha value is -4.16. The number of nitrogens with zero attached hydrogens (tertiary/aromatic N) is 2. The summed E-state index contributed by atoms with van der Waals surface area (Å²) in [6.45, 7) is 14.9. The van der Waals surface area contributed by atoms with Gasteiger partial charge in [0.25, 0.3) is 5.91 Å². The monoisotopic (exact) mass is 603 g/mol. The molecule has 3 N–H and O–H groups in total. The molecule has 1 aromatic heterocycles. The Morgan fingerprint density at radius 1 is 1.14 bits per heavy atom. The molecule has 0 spiro atoms. The molecule has 1 fully saturated rings. The van der Waals surface area contributed by atoms with E-state index in [0.29, 0.717) is 47.9 Å². The summed E-state index contributed by atoms with van der Waals surface area (Å²) in [6.07, 6.45) is 0.0593. The van der Waals surface area contributed by atoms with Gasteiger partial charge in [-0.05, 0) is 73.9 Å². The zero-order valence-corrected chi connectivity index (χ0v) is 24.7. The summed E-state index contributed by atoms with van der Waals surface area (Å²) in [5, 5.41) is 13.4. The van der Waals surface area contributed by atoms with Crippen molar-refractivity contribution in [3.63, 3.8) is 0 Å². The number of pyridine rings is 1. The first-order valence-electron chi connectivity index (χ1n) is 13.5. The van der Waals surface area contributed by atoms with E-state index in [9.17, 15) is 27.2 Å². The highest BCUT2D eigenvalue weighted by Crippen LogP contribution is 2.30. The van der Waals surface area contributed by atoms with Gasteiger partial charge in [0.15, 0.2) is 0 Å². The quantitative estimate of drug-likeness (QED) is 0.151. The number of allylic oxidation sites excluding steroid dienone is 3. The van der Waals surface area contributed by atoms with E-state index in [2.05, 4.69) is 27.1 Å². The Morgan fingerprint density at radius 2 is 1.81 bits per heavy atom. The molecule has 232 valence electrons. The zero-order valence-electron chi connectivity index (χ0n) is 24.7. The summed E-state index contributed by atoms with van der Waals surface area (Å²) in [5.41, 5.74) is 2.27. The predicted octanol–water partition coefficient (Wildman–Crippen LogP) is 5.57. The van der Waals surface area contributed by atoms with Crippen LogP contribution in [0.15, 0.2) is 65.9 Å². The number of aryl methyl sites for hydroxylation is 1. The second-order valence-electron chi connectivity index (χ2n) is 9.93. The van der Waals surface area contributed by atoms with Crippen LogP contribution in [0.1, 0.15) is 37.5 Å². The first kappa shape index (κ1) is 35.0. The average Bonchev–Trinajstić information content (AvgIpc) is 2.94. The molecule has 1 aliphatic heterocycles. The number of carbonyl (C=O) groups excluding carboxylic acids is 2. The number of halogens is 4. The molecule has 0 aliphatic carbocycles. The van der Waals surface area contributed by atoms with Gasteiger partial charge in [0, 0.05) is 56.7 Å². The lowest BCUT2D eigenvalue weighted by atomic mass is 9.97. The van der Waals surface area contributed by atoms with E-state index >= 15 is 0 Å². The summed E-state index contributed by atoms with van der Waals surface area (Å²) in [4.78, 5) is 30.6. The van der Waals surface area contributed by atoms with E-state index in [0.717, 1.165) is 43.4 Å². The number of hydrogen-bond acceptors (Lipinski definition) is 6. The highest BCUT2D eigenvalue weighted by molar-refractivity contribution is 6.07. The van der Waals surface area contributed by atoms with Gasteiger partial charge >= 0.3 is 6.18 Å². The molecule has 1 aliphatic rings. The number of carbonyl (C=O) groups is 2. The van der Waals surface area contributed by atoms with Crippen molar-refractivity contribution in [2.24, 2.45) is 0 Å².